The van der Waals surface area contributed by atoms with Crippen molar-refractivity contribution in [3.8, 4) is 0 Å². The molecule has 0 fully saturated rings. The van der Waals surface area contributed by atoms with Crippen LogP contribution in [0.25, 0.3) is 4.13 Å². The fourth-order valence-corrected chi connectivity index (χ4v) is 2.99. The number of rotatable bonds is 7. The van der Waals surface area contributed by atoms with Crippen molar-refractivity contribution in [1.82, 2.24) is 0 Å². The van der Waals surface area contributed by atoms with Gasteiger partial charge in [0.15, 0.2) is 39.0 Å². The predicted octanol–water partition coefficient (Wildman–Crippen LogP) is 2.15. The van der Waals surface area contributed by atoms with Crippen LogP contribution in [0.1, 0.15) is 6.42 Å². The van der Waals surface area contributed by atoms with Crippen LogP contribution in [0.3, 0.4) is 0 Å². The Bertz CT molecular complexity index is 841. The number of halogens is 6. The van der Waals surface area contributed by atoms with E-state index in [4.69, 9.17) is 4.74 Å². The molecule has 0 aromatic carbocycles. The van der Waals surface area contributed by atoms with E-state index in [-0.39, 0.29) is 5.97 Å². The maximum Gasteiger partial charge on any atom is 0.480 e. The van der Waals surface area contributed by atoms with Gasteiger partial charge < -0.3 is 8.86 Å². The molecule has 16 heteroatoms. The Labute approximate surface area is 161 Å². The molecule has 166 valence electrons. The van der Waals surface area contributed by atoms with Crippen molar-refractivity contribution in [3.63, 3.8) is 0 Å². The summed E-state index contributed by atoms with van der Waals surface area (Å²) in [5.41, 5.74) is -12.4. The molecule has 1 rings (SSSR count). The van der Waals surface area contributed by atoms with Crippen LogP contribution in [0.5, 0.6) is 0 Å². The minimum absolute atomic E-state index is 0.358. The molecule has 0 bridgehead atoms. The van der Waals surface area contributed by atoms with Gasteiger partial charge in [0.1, 0.15) is 0 Å². The number of ether oxygens (including phenoxy) is 1. The molecule has 1 heterocycles. The SMILES string of the molecule is C=CC(=O)OCCC[n+]1ccccc1.O=S(=O)([N-]S(=O)(=O)C(F)(F)F)C(F)(F)F. The first-order valence-electron chi connectivity index (χ1n) is 7.13. The third kappa shape index (κ3) is 9.71. The lowest BCUT2D eigenvalue weighted by Gasteiger charge is -2.22. The lowest BCUT2D eigenvalue weighted by molar-refractivity contribution is -0.697. The highest BCUT2D eigenvalue weighted by molar-refractivity contribution is 8.13. The number of pyridine rings is 1. The Morgan fingerprint density at radius 2 is 1.41 bits per heavy atom. The lowest BCUT2D eigenvalue weighted by atomic mass is 10.4. The fourth-order valence-electron chi connectivity index (χ4n) is 1.28. The Kier molecular flexibility index (Phi) is 9.74. The molecule has 0 saturated heterocycles. The van der Waals surface area contributed by atoms with Crippen LogP contribution < -0.4 is 4.57 Å². The van der Waals surface area contributed by atoms with Crippen molar-refractivity contribution >= 4 is 26.0 Å². The summed E-state index contributed by atoms with van der Waals surface area (Å²) in [5.74, 6) is -0.358. The summed E-state index contributed by atoms with van der Waals surface area (Å²) in [6.07, 6.45) is 5.95. The second-order valence-electron chi connectivity index (χ2n) is 4.75. The average molecular weight is 472 g/mol. The monoisotopic (exact) mass is 472 g/mol. The van der Waals surface area contributed by atoms with E-state index in [9.17, 15) is 48.0 Å². The maximum absolute atomic E-state index is 11.4. The summed E-state index contributed by atoms with van der Waals surface area (Å²) in [7, 11) is -13.4. The molecule has 1 aromatic rings. The number of esters is 1. The van der Waals surface area contributed by atoms with Crippen molar-refractivity contribution in [2.75, 3.05) is 6.61 Å². The number of hydrogen-bond acceptors (Lipinski definition) is 6. The van der Waals surface area contributed by atoms with Gasteiger partial charge in [0.2, 0.25) is 0 Å². The van der Waals surface area contributed by atoms with Crippen LogP contribution in [0.4, 0.5) is 26.3 Å². The van der Waals surface area contributed by atoms with Gasteiger partial charge in [0.05, 0.1) is 6.61 Å². The minimum atomic E-state index is -6.72. The number of nitrogens with zero attached hydrogens (tertiary/aromatic N) is 2. The first kappa shape index (κ1) is 26.8. The second kappa shape index (κ2) is 10.5. The normalized spacial score (nSPS) is 12.5. The molecule has 0 saturated carbocycles. The molecule has 1 aromatic heterocycles. The van der Waals surface area contributed by atoms with E-state index < -0.39 is 31.1 Å². The molecule has 0 aliphatic rings. The van der Waals surface area contributed by atoms with E-state index in [1.165, 1.54) is 6.08 Å². The van der Waals surface area contributed by atoms with Crippen LogP contribution in [0, 0.1) is 0 Å². The largest absolute Gasteiger partial charge is 0.480 e. The zero-order valence-corrected chi connectivity index (χ0v) is 15.9. The van der Waals surface area contributed by atoms with Gasteiger partial charge in [-0.25, -0.2) is 26.2 Å². The van der Waals surface area contributed by atoms with Crippen molar-refractivity contribution in [2.45, 2.75) is 24.0 Å². The van der Waals surface area contributed by atoms with Gasteiger partial charge in [0.25, 0.3) is 0 Å². The molecule has 0 amide bonds. The van der Waals surface area contributed by atoms with E-state index in [1.807, 2.05) is 35.2 Å². The zero-order valence-electron chi connectivity index (χ0n) is 14.2. The van der Waals surface area contributed by atoms with E-state index in [0.717, 1.165) is 17.1 Å². The second-order valence-corrected chi connectivity index (χ2v) is 8.18. The summed E-state index contributed by atoms with van der Waals surface area (Å²) < 4.78 is 116. The van der Waals surface area contributed by atoms with Crippen LogP contribution in [-0.4, -0.2) is 40.4 Å². The lowest BCUT2D eigenvalue weighted by Crippen LogP contribution is -2.32. The van der Waals surface area contributed by atoms with E-state index in [0.29, 0.717) is 6.61 Å². The zero-order chi connectivity index (χ0) is 22.9. The number of alkyl halides is 6. The first-order valence-corrected chi connectivity index (χ1v) is 10.0. The van der Waals surface area contributed by atoms with Gasteiger partial charge in [-0.05, 0) is 0 Å². The summed E-state index contributed by atoms with van der Waals surface area (Å²) >= 11 is 0. The number of sulfonamides is 2. The highest BCUT2D eigenvalue weighted by atomic mass is 32.3. The Morgan fingerprint density at radius 3 is 1.79 bits per heavy atom. The quantitative estimate of drug-likeness (QED) is 0.198. The van der Waals surface area contributed by atoms with Crippen LogP contribution in [-0.2, 0) is 36.1 Å². The summed E-state index contributed by atoms with van der Waals surface area (Å²) in [5, 5.41) is 0. The number of aryl methyl sites for hydroxylation is 1. The molecule has 0 N–H and O–H groups in total. The molecule has 0 unspecified atom stereocenters. The number of aromatic nitrogens is 1. The van der Waals surface area contributed by atoms with Gasteiger partial charge in [-0.2, -0.15) is 26.3 Å². The van der Waals surface area contributed by atoms with Gasteiger partial charge in [-0.3, -0.25) is 0 Å². The highest BCUT2D eigenvalue weighted by Crippen LogP contribution is 2.36. The predicted molar refractivity (Wildman–Crippen MR) is 85.7 cm³/mol. The molecule has 0 radical (unpaired) electrons. The van der Waals surface area contributed by atoms with Gasteiger partial charge >= 0.3 is 17.0 Å². The summed E-state index contributed by atoms with van der Waals surface area (Å²) in [4.78, 5) is 10.7. The number of hydrogen-bond donors (Lipinski definition) is 0. The highest BCUT2D eigenvalue weighted by Gasteiger charge is 2.46. The standard InChI is InChI=1S/C11H14NO2.C2F6NO4S2/c1-2-11(13)14-10-6-9-12-7-4-3-5-8-12;3-1(4,5)14(10,11)9-15(12,13)2(6,7)8/h2-5,7-8H,1,6,9-10H2;/q+1;-1. The number of carbonyl (C=O) groups excluding carboxylic acids is 1. The average Bonchev–Trinajstić information content (AvgIpc) is 2.57. The number of carbonyl (C=O) groups is 1. The van der Waals surface area contributed by atoms with Gasteiger partial charge in [0, 0.05) is 24.6 Å². The summed E-state index contributed by atoms with van der Waals surface area (Å²) in [6.45, 7) is 4.61. The molecule has 8 nitrogen and oxygen atoms in total. The maximum atomic E-state index is 11.4. The van der Waals surface area contributed by atoms with Crippen molar-refractivity contribution in [1.29, 1.82) is 0 Å². The molecule has 0 aliphatic carbocycles. The minimum Gasteiger partial charge on any atom is -0.462 e. The first-order chi connectivity index (χ1) is 13.0. The Morgan fingerprint density at radius 1 is 0.966 bits per heavy atom. The van der Waals surface area contributed by atoms with Crippen molar-refractivity contribution < 1.29 is 57.3 Å². The third-order valence-electron chi connectivity index (χ3n) is 2.53. The Hall–Kier alpha value is -2.20. The molecule has 0 aliphatic heterocycles. The van der Waals surface area contributed by atoms with Crippen LogP contribution >= 0.6 is 0 Å². The topological polar surface area (TPSA) is 113 Å². The fraction of sp³-hybridized carbons (Fsp3) is 0.385. The van der Waals surface area contributed by atoms with E-state index >= 15 is 0 Å². The molecule has 29 heavy (non-hydrogen) atoms. The van der Waals surface area contributed by atoms with Crippen LogP contribution in [0.15, 0.2) is 43.2 Å². The van der Waals surface area contributed by atoms with Gasteiger partial charge in [-0.1, -0.05) is 12.6 Å². The third-order valence-corrected chi connectivity index (χ3v) is 5.27. The molecule has 0 atom stereocenters. The smallest absolute Gasteiger partial charge is 0.462 e. The van der Waals surface area contributed by atoms with E-state index in [1.54, 1.807) is 0 Å². The molecule has 0 spiro atoms. The molecular formula is C13H14F6N2O6S2. The molecular weight excluding hydrogens is 458 g/mol. The Balaban J connectivity index is 0.000000541. The van der Waals surface area contributed by atoms with Crippen molar-refractivity contribution in [2.24, 2.45) is 0 Å². The van der Waals surface area contributed by atoms with Gasteiger partial charge in [-0.15, -0.1) is 0 Å². The van der Waals surface area contributed by atoms with E-state index in [2.05, 4.69) is 6.58 Å². The summed E-state index contributed by atoms with van der Waals surface area (Å²) in [6, 6.07) is 5.90. The van der Waals surface area contributed by atoms with Crippen molar-refractivity contribution in [3.05, 3.63) is 47.4 Å². The van der Waals surface area contributed by atoms with Crippen LogP contribution in [0.2, 0.25) is 0 Å².